The molecule has 1 N–H and O–H groups in total. The van der Waals surface area contributed by atoms with Gasteiger partial charge in [0, 0.05) is 34.1 Å². The first-order chi connectivity index (χ1) is 14.6. The summed E-state index contributed by atoms with van der Waals surface area (Å²) in [6, 6.07) is 12.9. The molecule has 0 aliphatic heterocycles. The molecule has 6 nitrogen and oxygen atoms in total. The van der Waals surface area contributed by atoms with Crippen molar-refractivity contribution in [3.8, 4) is 22.8 Å². The molecule has 0 radical (unpaired) electrons. The molecule has 0 saturated heterocycles. The highest BCUT2D eigenvalue weighted by Crippen LogP contribution is 2.29. The second kappa shape index (κ2) is 8.59. The van der Waals surface area contributed by atoms with Gasteiger partial charge in [-0.1, -0.05) is 12.1 Å². The summed E-state index contributed by atoms with van der Waals surface area (Å²) in [7, 11) is 0. The number of thiazole rings is 1. The van der Waals surface area contributed by atoms with Crippen LogP contribution in [0.3, 0.4) is 0 Å². The number of benzene rings is 2. The van der Waals surface area contributed by atoms with Gasteiger partial charge in [0.2, 0.25) is 0 Å². The van der Waals surface area contributed by atoms with Gasteiger partial charge in [0.05, 0.1) is 18.9 Å². The third kappa shape index (κ3) is 4.02. The molecule has 0 atom stereocenters. The van der Waals surface area contributed by atoms with Crippen molar-refractivity contribution in [3.05, 3.63) is 65.3 Å². The molecule has 0 aliphatic carbocycles. The largest absolute Gasteiger partial charge is 0.490 e. The minimum Gasteiger partial charge on any atom is -0.490 e. The van der Waals surface area contributed by atoms with Gasteiger partial charge in [-0.15, -0.1) is 11.3 Å². The van der Waals surface area contributed by atoms with Crippen molar-refractivity contribution in [2.45, 2.75) is 20.8 Å². The summed E-state index contributed by atoms with van der Waals surface area (Å²) in [4.78, 5) is 18.4. The molecule has 0 fully saturated rings. The Morgan fingerprint density at radius 3 is 2.67 bits per heavy atom. The van der Waals surface area contributed by atoms with Gasteiger partial charge in [-0.3, -0.25) is 9.20 Å². The lowest BCUT2D eigenvalue weighted by Gasteiger charge is -2.12. The first-order valence-corrected chi connectivity index (χ1v) is 10.7. The van der Waals surface area contributed by atoms with E-state index in [1.165, 1.54) is 0 Å². The number of hydrogen-bond donors (Lipinski definition) is 1. The van der Waals surface area contributed by atoms with Crippen LogP contribution >= 0.6 is 11.3 Å². The van der Waals surface area contributed by atoms with Crippen molar-refractivity contribution < 1.29 is 14.3 Å². The van der Waals surface area contributed by atoms with E-state index in [0.717, 1.165) is 21.9 Å². The number of hydrogen-bond acceptors (Lipinski definition) is 5. The van der Waals surface area contributed by atoms with Gasteiger partial charge < -0.3 is 14.8 Å². The average molecular weight is 422 g/mol. The summed E-state index contributed by atoms with van der Waals surface area (Å²) in [5.41, 5.74) is 4.19. The highest BCUT2D eigenvalue weighted by molar-refractivity contribution is 7.15. The van der Waals surface area contributed by atoms with E-state index < -0.39 is 0 Å². The SMILES string of the molecule is CCOc1ccc(C(=O)Nc2cccc(-c3cn4c(C)csc4n3)c2)cc1OCC. The number of amides is 1. The molecule has 4 aromatic rings. The first-order valence-electron chi connectivity index (χ1n) is 9.83. The molecule has 4 rings (SSSR count). The van der Waals surface area contributed by atoms with E-state index in [4.69, 9.17) is 9.47 Å². The minimum atomic E-state index is -0.210. The van der Waals surface area contributed by atoms with Gasteiger partial charge in [-0.05, 0) is 51.1 Å². The average Bonchev–Trinajstić information content (AvgIpc) is 3.32. The van der Waals surface area contributed by atoms with Crippen molar-refractivity contribution >= 4 is 27.9 Å². The van der Waals surface area contributed by atoms with Crippen molar-refractivity contribution in [3.63, 3.8) is 0 Å². The van der Waals surface area contributed by atoms with Crippen molar-refractivity contribution in [1.29, 1.82) is 0 Å². The number of nitrogens with one attached hydrogen (secondary N) is 1. The number of fused-ring (bicyclic) bond motifs is 1. The summed E-state index contributed by atoms with van der Waals surface area (Å²) >= 11 is 1.61. The van der Waals surface area contributed by atoms with Crippen molar-refractivity contribution in [2.24, 2.45) is 0 Å². The van der Waals surface area contributed by atoms with E-state index in [1.807, 2.05) is 44.3 Å². The molecular formula is C23H23N3O3S. The van der Waals surface area contributed by atoms with Crippen LogP contribution in [-0.4, -0.2) is 28.5 Å². The van der Waals surface area contributed by atoms with Crippen LogP contribution in [0.25, 0.3) is 16.2 Å². The molecule has 0 bridgehead atoms. The number of carbonyl (C=O) groups excluding carboxylic acids is 1. The van der Waals surface area contributed by atoms with Crippen LogP contribution in [0.5, 0.6) is 11.5 Å². The second-order valence-corrected chi connectivity index (χ2v) is 7.55. The summed E-state index contributed by atoms with van der Waals surface area (Å²) in [6.07, 6.45) is 2.02. The molecule has 7 heteroatoms. The second-order valence-electron chi connectivity index (χ2n) is 6.72. The van der Waals surface area contributed by atoms with Crippen molar-refractivity contribution in [2.75, 3.05) is 18.5 Å². The van der Waals surface area contributed by atoms with E-state index in [-0.39, 0.29) is 5.91 Å². The van der Waals surface area contributed by atoms with E-state index in [2.05, 4.69) is 27.0 Å². The van der Waals surface area contributed by atoms with Crippen molar-refractivity contribution in [1.82, 2.24) is 9.38 Å². The molecule has 0 saturated carbocycles. The molecular weight excluding hydrogens is 398 g/mol. The normalized spacial score (nSPS) is 10.9. The van der Waals surface area contributed by atoms with E-state index in [1.54, 1.807) is 29.5 Å². The summed E-state index contributed by atoms with van der Waals surface area (Å²) in [6.45, 7) is 6.89. The number of nitrogens with zero attached hydrogens (tertiary/aromatic N) is 2. The number of aromatic nitrogens is 2. The maximum absolute atomic E-state index is 12.8. The minimum absolute atomic E-state index is 0.210. The van der Waals surface area contributed by atoms with Crippen LogP contribution in [0.15, 0.2) is 54.0 Å². The molecule has 2 aromatic carbocycles. The monoisotopic (exact) mass is 421 g/mol. The molecule has 0 unspecified atom stereocenters. The highest BCUT2D eigenvalue weighted by atomic mass is 32.1. The number of carbonyl (C=O) groups is 1. The first kappa shape index (κ1) is 20.0. The fourth-order valence-electron chi connectivity index (χ4n) is 3.18. The summed E-state index contributed by atoms with van der Waals surface area (Å²) in [5, 5.41) is 5.04. The molecule has 2 aromatic heterocycles. The zero-order valence-corrected chi connectivity index (χ0v) is 18.0. The Balaban J connectivity index is 1.56. The molecule has 2 heterocycles. The molecule has 30 heavy (non-hydrogen) atoms. The summed E-state index contributed by atoms with van der Waals surface area (Å²) in [5.74, 6) is 0.986. The zero-order chi connectivity index (χ0) is 21.1. The maximum Gasteiger partial charge on any atom is 0.255 e. The Hall–Kier alpha value is -3.32. The van der Waals surface area contributed by atoms with Crippen LogP contribution in [0, 0.1) is 6.92 Å². The number of aryl methyl sites for hydroxylation is 1. The molecule has 0 aliphatic rings. The van der Waals surface area contributed by atoms with Crippen LogP contribution in [0.2, 0.25) is 0 Å². The fourth-order valence-corrected chi connectivity index (χ4v) is 4.04. The van der Waals surface area contributed by atoms with Gasteiger partial charge in [0.15, 0.2) is 16.5 Å². The van der Waals surface area contributed by atoms with Crippen LogP contribution in [0.4, 0.5) is 5.69 Å². The molecule has 154 valence electrons. The number of imidazole rings is 1. The lowest BCUT2D eigenvalue weighted by atomic mass is 10.1. The lowest BCUT2D eigenvalue weighted by Crippen LogP contribution is -2.12. The van der Waals surface area contributed by atoms with Gasteiger partial charge in [-0.25, -0.2) is 4.98 Å². The zero-order valence-electron chi connectivity index (χ0n) is 17.1. The quantitative estimate of drug-likeness (QED) is 0.433. The molecule has 1 amide bonds. The Morgan fingerprint density at radius 1 is 1.10 bits per heavy atom. The topological polar surface area (TPSA) is 64.9 Å². The van der Waals surface area contributed by atoms with E-state index in [9.17, 15) is 4.79 Å². The standard InChI is InChI=1S/C23H23N3O3S/c1-4-28-20-10-9-17(12-21(20)29-5-2)22(27)24-18-8-6-7-16(11-18)19-13-26-15(3)14-30-23(26)25-19/h6-14H,4-5H2,1-3H3,(H,24,27). The molecule has 0 spiro atoms. The predicted octanol–water partition coefficient (Wildman–Crippen LogP) is 5.42. The summed E-state index contributed by atoms with van der Waals surface area (Å²) < 4.78 is 13.3. The third-order valence-electron chi connectivity index (χ3n) is 4.61. The van der Waals surface area contributed by atoms with Gasteiger partial charge in [-0.2, -0.15) is 0 Å². The lowest BCUT2D eigenvalue weighted by molar-refractivity contribution is 0.102. The number of rotatable bonds is 7. The predicted molar refractivity (Wildman–Crippen MR) is 120 cm³/mol. The third-order valence-corrected chi connectivity index (χ3v) is 5.57. The highest BCUT2D eigenvalue weighted by Gasteiger charge is 2.13. The Bertz CT molecular complexity index is 1200. The number of ether oxygens (including phenoxy) is 2. The van der Waals surface area contributed by atoms with Gasteiger partial charge in [0.1, 0.15) is 0 Å². The van der Waals surface area contributed by atoms with E-state index >= 15 is 0 Å². The van der Waals surface area contributed by atoms with Gasteiger partial charge in [0.25, 0.3) is 5.91 Å². The smallest absolute Gasteiger partial charge is 0.255 e. The maximum atomic E-state index is 12.8. The Morgan fingerprint density at radius 2 is 1.90 bits per heavy atom. The van der Waals surface area contributed by atoms with Crippen LogP contribution < -0.4 is 14.8 Å². The Labute approximate surface area is 179 Å². The van der Waals surface area contributed by atoms with Gasteiger partial charge >= 0.3 is 0 Å². The van der Waals surface area contributed by atoms with Crippen LogP contribution in [0.1, 0.15) is 29.9 Å². The van der Waals surface area contributed by atoms with E-state index in [0.29, 0.717) is 36.0 Å². The number of anilines is 1. The van der Waals surface area contributed by atoms with Crippen LogP contribution in [-0.2, 0) is 0 Å². The Kier molecular flexibility index (Phi) is 5.72. The fraction of sp³-hybridized carbons (Fsp3) is 0.217.